The molecule has 19 heavy (non-hydrogen) atoms. The summed E-state index contributed by atoms with van der Waals surface area (Å²) >= 11 is 0. The van der Waals surface area contributed by atoms with Gasteiger partial charge in [-0.3, -0.25) is 9.59 Å². The fourth-order valence-corrected chi connectivity index (χ4v) is 1.33. The second kappa shape index (κ2) is 7.15. The highest BCUT2D eigenvalue weighted by atomic mass is 16.5. The molecule has 1 aromatic carbocycles. The van der Waals surface area contributed by atoms with Crippen molar-refractivity contribution < 1.29 is 19.4 Å². The van der Waals surface area contributed by atoms with E-state index in [1.54, 1.807) is 26.0 Å². The quantitative estimate of drug-likeness (QED) is 0.478. The van der Waals surface area contributed by atoms with Crippen LogP contribution in [0, 0.1) is 0 Å². The molecule has 1 amide bonds. The first-order valence-corrected chi connectivity index (χ1v) is 5.81. The molecule has 2 N–H and O–H groups in total. The minimum absolute atomic E-state index is 0.00882. The highest BCUT2D eigenvalue weighted by Crippen LogP contribution is 2.14. The Labute approximate surface area is 111 Å². The van der Waals surface area contributed by atoms with Crippen molar-refractivity contribution in [2.45, 2.75) is 20.3 Å². The van der Waals surface area contributed by atoms with Crippen molar-refractivity contribution in [2.75, 3.05) is 6.61 Å². The maximum atomic E-state index is 11.7. The molecule has 0 atom stereocenters. The molecule has 0 radical (unpaired) electrons. The van der Waals surface area contributed by atoms with E-state index in [1.807, 2.05) is 0 Å². The van der Waals surface area contributed by atoms with Gasteiger partial charge in [0.15, 0.2) is 0 Å². The van der Waals surface area contributed by atoms with Gasteiger partial charge in [0.1, 0.15) is 5.75 Å². The number of hydrogen-bond acceptors (Lipinski definition) is 5. The number of ether oxygens (including phenoxy) is 1. The number of amides is 1. The van der Waals surface area contributed by atoms with Crippen LogP contribution >= 0.6 is 0 Å². The molecule has 102 valence electrons. The van der Waals surface area contributed by atoms with Gasteiger partial charge in [-0.15, -0.1) is 0 Å². The van der Waals surface area contributed by atoms with Crippen molar-refractivity contribution in [3.63, 3.8) is 0 Å². The van der Waals surface area contributed by atoms with Crippen LogP contribution in [-0.2, 0) is 9.53 Å². The Morgan fingerprint density at radius 3 is 2.68 bits per heavy atom. The van der Waals surface area contributed by atoms with Crippen molar-refractivity contribution in [1.82, 2.24) is 5.43 Å². The molecule has 0 bridgehead atoms. The average molecular weight is 264 g/mol. The van der Waals surface area contributed by atoms with Crippen LogP contribution in [0.5, 0.6) is 5.75 Å². The minimum atomic E-state index is -0.540. The first kappa shape index (κ1) is 14.7. The number of benzene rings is 1. The number of phenols is 1. The van der Waals surface area contributed by atoms with E-state index in [1.165, 1.54) is 12.1 Å². The molecule has 0 aliphatic carbocycles. The van der Waals surface area contributed by atoms with Crippen LogP contribution in [0.3, 0.4) is 0 Å². The van der Waals surface area contributed by atoms with Gasteiger partial charge in [-0.1, -0.05) is 12.1 Å². The van der Waals surface area contributed by atoms with E-state index in [2.05, 4.69) is 10.5 Å². The van der Waals surface area contributed by atoms with Crippen LogP contribution in [-0.4, -0.2) is 29.3 Å². The first-order valence-electron chi connectivity index (χ1n) is 5.81. The predicted octanol–water partition coefficient (Wildman–Crippen LogP) is 1.45. The molecule has 0 aliphatic rings. The third kappa shape index (κ3) is 4.79. The van der Waals surface area contributed by atoms with E-state index in [4.69, 9.17) is 4.74 Å². The SMILES string of the molecule is CCOC(=O)CC(C)=NNC(=O)c1ccccc1O. The summed E-state index contributed by atoms with van der Waals surface area (Å²) in [4.78, 5) is 22.9. The lowest BCUT2D eigenvalue weighted by Gasteiger charge is -2.04. The fraction of sp³-hybridized carbons (Fsp3) is 0.308. The van der Waals surface area contributed by atoms with E-state index in [-0.39, 0.29) is 17.7 Å². The number of phenolic OH excluding ortho intramolecular Hbond substituents is 1. The largest absolute Gasteiger partial charge is 0.507 e. The van der Waals surface area contributed by atoms with Crippen molar-refractivity contribution in [1.29, 1.82) is 0 Å². The summed E-state index contributed by atoms with van der Waals surface area (Å²) in [6, 6.07) is 6.12. The van der Waals surface area contributed by atoms with E-state index >= 15 is 0 Å². The lowest BCUT2D eigenvalue weighted by atomic mass is 10.2. The standard InChI is InChI=1S/C13H16N2O4/c1-3-19-12(17)8-9(2)14-15-13(18)10-6-4-5-7-11(10)16/h4-7,16H,3,8H2,1-2H3,(H,15,18). The zero-order valence-electron chi connectivity index (χ0n) is 10.8. The number of hydrazone groups is 1. The van der Waals surface area contributed by atoms with Gasteiger partial charge in [-0.05, 0) is 26.0 Å². The molecule has 0 fully saturated rings. The number of para-hydroxylation sites is 1. The minimum Gasteiger partial charge on any atom is -0.507 e. The van der Waals surface area contributed by atoms with Crippen molar-refractivity contribution >= 4 is 17.6 Å². The lowest BCUT2D eigenvalue weighted by molar-refractivity contribution is -0.141. The van der Waals surface area contributed by atoms with Crippen molar-refractivity contribution in [3.8, 4) is 5.75 Å². The third-order valence-corrected chi connectivity index (χ3v) is 2.20. The number of carbonyl (C=O) groups excluding carboxylic acids is 2. The fourth-order valence-electron chi connectivity index (χ4n) is 1.33. The van der Waals surface area contributed by atoms with Gasteiger partial charge in [0.25, 0.3) is 5.91 Å². The maximum Gasteiger partial charge on any atom is 0.311 e. The molecule has 0 spiro atoms. The number of nitrogens with one attached hydrogen (secondary N) is 1. The molecule has 6 nitrogen and oxygen atoms in total. The summed E-state index contributed by atoms with van der Waals surface area (Å²) in [5.41, 5.74) is 2.81. The molecule has 0 aromatic heterocycles. The number of rotatable bonds is 5. The molecule has 0 saturated carbocycles. The van der Waals surface area contributed by atoms with Crippen molar-refractivity contribution in [2.24, 2.45) is 5.10 Å². The molecule has 1 rings (SSSR count). The molecule has 0 saturated heterocycles. The van der Waals surface area contributed by atoms with Gasteiger partial charge in [0.05, 0.1) is 18.6 Å². The van der Waals surface area contributed by atoms with Crippen LogP contribution in [0.1, 0.15) is 30.6 Å². The van der Waals surface area contributed by atoms with Crippen LogP contribution in [0.2, 0.25) is 0 Å². The van der Waals surface area contributed by atoms with Gasteiger partial charge in [0, 0.05) is 5.71 Å². The van der Waals surface area contributed by atoms with Gasteiger partial charge < -0.3 is 9.84 Å². The number of aromatic hydroxyl groups is 1. The Hall–Kier alpha value is -2.37. The normalized spacial score (nSPS) is 10.9. The molecule has 0 heterocycles. The molecular weight excluding hydrogens is 248 g/mol. The van der Waals surface area contributed by atoms with Crippen LogP contribution < -0.4 is 5.43 Å². The Morgan fingerprint density at radius 1 is 1.37 bits per heavy atom. The van der Waals surface area contributed by atoms with Crippen molar-refractivity contribution in [3.05, 3.63) is 29.8 Å². The lowest BCUT2D eigenvalue weighted by Crippen LogP contribution is -2.20. The number of carbonyl (C=O) groups is 2. The summed E-state index contributed by atoms with van der Waals surface area (Å²) in [7, 11) is 0. The Balaban J connectivity index is 2.58. The van der Waals surface area contributed by atoms with E-state index in [0.29, 0.717) is 12.3 Å². The summed E-state index contributed by atoms with van der Waals surface area (Å²) in [6.45, 7) is 3.61. The molecule has 6 heteroatoms. The Bertz CT molecular complexity index is 497. The highest BCUT2D eigenvalue weighted by Gasteiger charge is 2.10. The third-order valence-electron chi connectivity index (χ3n) is 2.20. The summed E-state index contributed by atoms with van der Waals surface area (Å²) < 4.78 is 4.75. The van der Waals surface area contributed by atoms with E-state index < -0.39 is 11.9 Å². The predicted molar refractivity (Wildman–Crippen MR) is 69.9 cm³/mol. The smallest absolute Gasteiger partial charge is 0.311 e. The summed E-state index contributed by atoms with van der Waals surface area (Å²) in [5, 5.41) is 13.2. The summed E-state index contributed by atoms with van der Waals surface area (Å²) in [5.74, 6) is -1.07. The molecule has 0 aliphatic heterocycles. The first-order chi connectivity index (χ1) is 9.04. The Morgan fingerprint density at radius 2 is 2.05 bits per heavy atom. The molecule has 1 aromatic rings. The van der Waals surface area contributed by atoms with Gasteiger partial charge >= 0.3 is 5.97 Å². The zero-order chi connectivity index (χ0) is 14.3. The monoisotopic (exact) mass is 264 g/mol. The second-order valence-electron chi connectivity index (χ2n) is 3.79. The summed E-state index contributed by atoms with van der Waals surface area (Å²) in [6.07, 6.45) is 0.00882. The maximum absolute atomic E-state index is 11.7. The van der Waals surface area contributed by atoms with E-state index in [9.17, 15) is 14.7 Å². The van der Waals surface area contributed by atoms with Crippen LogP contribution in [0.25, 0.3) is 0 Å². The zero-order valence-corrected chi connectivity index (χ0v) is 10.8. The Kier molecular flexibility index (Phi) is 5.53. The van der Waals surface area contributed by atoms with Gasteiger partial charge in [0.2, 0.25) is 0 Å². The van der Waals surface area contributed by atoms with Gasteiger partial charge in [-0.25, -0.2) is 5.43 Å². The average Bonchev–Trinajstić information content (AvgIpc) is 2.36. The van der Waals surface area contributed by atoms with E-state index in [0.717, 1.165) is 0 Å². The van der Waals surface area contributed by atoms with Crippen LogP contribution in [0.4, 0.5) is 0 Å². The highest BCUT2D eigenvalue weighted by molar-refractivity contribution is 6.00. The number of hydrogen-bond donors (Lipinski definition) is 2. The second-order valence-corrected chi connectivity index (χ2v) is 3.79. The molecule has 0 unspecified atom stereocenters. The topological polar surface area (TPSA) is 88.0 Å². The van der Waals surface area contributed by atoms with Crippen LogP contribution in [0.15, 0.2) is 29.4 Å². The number of esters is 1. The number of nitrogens with zero attached hydrogens (tertiary/aromatic N) is 1. The molecular formula is C13H16N2O4. The van der Waals surface area contributed by atoms with Gasteiger partial charge in [-0.2, -0.15) is 5.10 Å².